The van der Waals surface area contributed by atoms with Crippen LogP contribution in [0, 0.1) is 5.41 Å². The molecule has 2 atom stereocenters. The number of hydrogen-bond donors (Lipinski definition) is 1. The summed E-state index contributed by atoms with van der Waals surface area (Å²) in [5.74, 6) is -0.186. The lowest BCUT2D eigenvalue weighted by atomic mass is 9.61. The smallest absolute Gasteiger partial charge is 0.416 e. The molecule has 2 radical (unpaired) electrons. The van der Waals surface area contributed by atoms with Gasteiger partial charge < -0.3 is 19.1 Å². The number of ether oxygens (including phenoxy) is 2. The van der Waals surface area contributed by atoms with Crippen molar-refractivity contribution in [1.29, 1.82) is 0 Å². The number of aromatic nitrogens is 1. The van der Waals surface area contributed by atoms with Gasteiger partial charge in [0, 0.05) is 6.20 Å². The van der Waals surface area contributed by atoms with Gasteiger partial charge in [0.1, 0.15) is 22.7 Å². The van der Waals surface area contributed by atoms with Gasteiger partial charge in [-0.1, -0.05) is 32.9 Å². The molecular weight excluding hydrogens is 514 g/mol. The molecule has 10 heteroatoms. The van der Waals surface area contributed by atoms with Crippen LogP contribution in [0.2, 0.25) is 5.04 Å². The van der Waals surface area contributed by atoms with Crippen LogP contribution in [0.25, 0.3) is 0 Å². The Morgan fingerprint density at radius 2 is 1.67 bits per heavy atom. The Bertz CT molecular complexity index is 1240. The highest BCUT2D eigenvalue weighted by molar-refractivity contribution is 6.44. The molecule has 210 valence electrons. The zero-order valence-corrected chi connectivity index (χ0v) is 25.3. The number of carbonyl (C=O) groups excluding carboxylic acids is 2. The van der Waals surface area contributed by atoms with E-state index >= 15 is 0 Å². The van der Waals surface area contributed by atoms with Crippen LogP contribution in [-0.2, 0) is 27.3 Å². The topological polar surface area (TPSA) is 109 Å². The highest BCUT2D eigenvalue weighted by Gasteiger charge is 2.70. The van der Waals surface area contributed by atoms with Crippen molar-refractivity contribution in [2.75, 3.05) is 12.0 Å². The lowest BCUT2D eigenvalue weighted by Gasteiger charge is -2.61. The Morgan fingerprint density at radius 3 is 2.18 bits per heavy atom. The minimum absolute atomic E-state index is 0.0336. The van der Waals surface area contributed by atoms with E-state index in [2.05, 4.69) is 4.98 Å². The summed E-state index contributed by atoms with van der Waals surface area (Å²) in [5, 5.41) is 10.0. The predicted octanol–water partition coefficient (Wildman–Crippen LogP) is 5.10. The molecule has 9 nitrogen and oxygen atoms in total. The second-order valence-electron chi connectivity index (χ2n) is 12.3. The molecule has 0 unspecified atom stereocenters. The van der Waals surface area contributed by atoms with Crippen LogP contribution in [0.4, 0.5) is 10.6 Å². The maximum Gasteiger partial charge on any atom is 0.416 e. The Morgan fingerprint density at radius 1 is 1.05 bits per heavy atom. The number of carbonyl (C=O) groups is 3. The maximum absolute atomic E-state index is 13.4. The monoisotopic (exact) mass is 553 g/mol. The third-order valence-electron chi connectivity index (χ3n) is 6.82. The van der Waals surface area contributed by atoms with Crippen molar-refractivity contribution >= 4 is 33.5 Å². The first-order chi connectivity index (χ1) is 17.9. The van der Waals surface area contributed by atoms with Crippen molar-refractivity contribution in [3.63, 3.8) is 0 Å². The molecule has 1 aliphatic rings. The summed E-state index contributed by atoms with van der Waals surface area (Å²) in [6.07, 6.45) is 1.18. The highest BCUT2D eigenvalue weighted by atomic mass is 28.2. The van der Waals surface area contributed by atoms with Crippen molar-refractivity contribution in [2.24, 2.45) is 5.41 Å². The van der Waals surface area contributed by atoms with Gasteiger partial charge in [-0.15, -0.1) is 0 Å². The van der Waals surface area contributed by atoms with Gasteiger partial charge in [0.2, 0.25) is 5.91 Å². The predicted molar refractivity (Wildman–Crippen MR) is 150 cm³/mol. The second kappa shape index (κ2) is 10.6. The van der Waals surface area contributed by atoms with E-state index in [-0.39, 0.29) is 33.6 Å². The first kappa shape index (κ1) is 30.1. The Kier molecular flexibility index (Phi) is 8.22. The van der Waals surface area contributed by atoms with Gasteiger partial charge >= 0.3 is 12.1 Å². The fourth-order valence-corrected chi connectivity index (χ4v) is 6.11. The normalized spacial score (nSPS) is 21.3. The molecule has 1 aromatic carbocycles. The molecule has 2 amide bonds. The lowest BCUT2D eigenvalue weighted by Crippen LogP contribution is -2.80. The molecular formula is C29H39N3O6Si. The van der Waals surface area contributed by atoms with Crippen LogP contribution in [0.1, 0.15) is 66.5 Å². The van der Waals surface area contributed by atoms with E-state index in [0.717, 1.165) is 5.56 Å². The minimum atomic E-state index is -1.37. The Hall–Kier alpha value is -3.40. The summed E-state index contributed by atoms with van der Waals surface area (Å²) in [5.41, 5.74) is -1.72. The van der Waals surface area contributed by atoms with Crippen molar-refractivity contribution < 1.29 is 29.0 Å². The van der Waals surface area contributed by atoms with E-state index in [1.165, 1.54) is 9.47 Å². The average Bonchev–Trinajstić information content (AvgIpc) is 2.83. The van der Waals surface area contributed by atoms with Gasteiger partial charge in [-0.3, -0.25) is 9.69 Å². The first-order valence-corrected chi connectivity index (χ1v) is 13.8. The average molecular weight is 554 g/mol. The number of carboxylic acid groups (broad SMARTS) is 1. The van der Waals surface area contributed by atoms with Gasteiger partial charge in [-0.05, 0) is 81.5 Å². The number of pyridine rings is 1. The van der Waals surface area contributed by atoms with Gasteiger partial charge in [-0.25, -0.2) is 14.6 Å². The van der Waals surface area contributed by atoms with Crippen LogP contribution in [0.15, 0.2) is 42.6 Å². The molecule has 2 aromatic rings. The molecule has 3 rings (SSSR count). The molecule has 2 heterocycles. The van der Waals surface area contributed by atoms with E-state index in [0.29, 0.717) is 17.1 Å². The number of methoxy groups -OCH3 is 1. The summed E-state index contributed by atoms with van der Waals surface area (Å²) < 4.78 is 12.4. The SMILES string of the molecule is COc1ccc(CN(C(=O)OC(C)(C)C)c2cc(C[C@@]3(C)C(=O)N([Si]C(C)(C)C)[C@]3(C)C(=O)O)ccn2)cc1. The number of anilines is 1. The third kappa shape index (κ3) is 6.27. The molecule has 39 heavy (non-hydrogen) atoms. The maximum atomic E-state index is 13.4. The molecule has 0 aliphatic carbocycles. The number of nitrogens with zero attached hydrogens (tertiary/aromatic N) is 3. The van der Waals surface area contributed by atoms with E-state index in [4.69, 9.17) is 9.47 Å². The number of rotatable bonds is 8. The molecule has 1 saturated heterocycles. The summed E-state index contributed by atoms with van der Waals surface area (Å²) in [7, 11) is 1.62. The molecule has 0 bridgehead atoms. The number of β-lactam (4-membered cyclic amide) rings is 1. The lowest BCUT2D eigenvalue weighted by molar-refractivity contribution is -0.189. The van der Waals surface area contributed by atoms with Crippen LogP contribution in [0.5, 0.6) is 5.75 Å². The van der Waals surface area contributed by atoms with E-state index in [1.807, 2.05) is 45.0 Å². The van der Waals surface area contributed by atoms with Crippen molar-refractivity contribution in [3.05, 3.63) is 53.7 Å². The molecule has 0 spiro atoms. The number of carboxylic acids is 1. The van der Waals surface area contributed by atoms with Crippen molar-refractivity contribution in [3.8, 4) is 5.75 Å². The fraction of sp³-hybridized carbons (Fsp3) is 0.517. The van der Waals surface area contributed by atoms with Gasteiger partial charge in [0.05, 0.1) is 19.1 Å². The number of aliphatic carboxylic acids is 1. The number of benzene rings is 1. The number of hydrogen-bond acceptors (Lipinski definition) is 6. The van der Waals surface area contributed by atoms with Crippen LogP contribution >= 0.6 is 0 Å². The van der Waals surface area contributed by atoms with E-state index in [9.17, 15) is 19.5 Å². The molecule has 1 aliphatic heterocycles. The minimum Gasteiger partial charge on any atom is -0.497 e. The van der Waals surface area contributed by atoms with Gasteiger partial charge in [0.15, 0.2) is 9.68 Å². The molecule has 1 N–H and O–H groups in total. The third-order valence-corrected chi connectivity index (χ3v) is 8.36. The quantitative estimate of drug-likeness (QED) is 0.358. The highest BCUT2D eigenvalue weighted by Crippen LogP contribution is 2.51. The summed E-state index contributed by atoms with van der Waals surface area (Å²) >= 11 is 0. The van der Waals surface area contributed by atoms with E-state index < -0.39 is 28.6 Å². The fourth-order valence-electron chi connectivity index (χ4n) is 4.53. The van der Waals surface area contributed by atoms with Crippen molar-refractivity contribution in [2.45, 2.75) is 84.5 Å². The Balaban J connectivity index is 1.95. The van der Waals surface area contributed by atoms with E-state index in [1.54, 1.807) is 60.1 Å². The second-order valence-corrected chi connectivity index (χ2v) is 14.5. The first-order valence-electron chi connectivity index (χ1n) is 12.9. The van der Waals surface area contributed by atoms with Crippen LogP contribution in [0.3, 0.4) is 0 Å². The molecule has 1 aromatic heterocycles. The van der Waals surface area contributed by atoms with Crippen LogP contribution in [-0.4, -0.2) is 60.6 Å². The largest absolute Gasteiger partial charge is 0.497 e. The number of amides is 2. The van der Waals surface area contributed by atoms with Crippen LogP contribution < -0.4 is 9.64 Å². The summed E-state index contributed by atoms with van der Waals surface area (Å²) in [4.78, 5) is 45.1. The van der Waals surface area contributed by atoms with Gasteiger partial charge in [0.25, 0.3) is 0 Å². The Labute approximate surface area is 233 Å². The molecule has 0 saturated carbocycles. The zero-order valence-electron chi connectivity index (χ0n) is 24.3. The molecule has 1 fully saturated rings. The standard InChI is InChI=1S/C29H39N3O6Si/c1-26(2,3)38-25(36)31(18-19-10-12-21(37-9)13-11-19)22-16-20(14-15-30-22)17-28(7)23(33)32(39-27(4,5)6)29(28,8)24(34)35/h10-16H,17-18H2,1-9H3,(H,34,35)/t28-,29+/m0/s1. The summed E-state index contributed by atoms with van der Waals surface area (Å²) in [6, 6.07) is 10.8. The van der Waals surface area contributed by atoms with Gasteiger partial charge in [-0.2, -0.15) is 0 Å². The van der Waals surface area contributed by atoms with Crippen molar-refractivity contribution in [1.82, 2.24) is 9.55 Å². The zero-order chi connectivity index (χ0) is 29.4. The summed E-state index contributed by atoms with van der Waals surface area (Å²) in [6.45, 7) is 14.9.